The van der Waals surface area contributed by atoms with E-state index < -0.39 is 5.97 Å². The van der Waals surface area contributed by atoms with Crippen LogP contribution in [0.1, 0.15) is 41.6 Å². The highest BCUT2D eigenvalue weighted by Gasteiger charge is 2.26. The molecule has 4 rings (SSSR count). The van der Waals surface area contributed by atoms with Gasteiger partial charge in [0, 0.05) is 44.5 Å². The van der Waals surface area contributed by atoms with Crippen molar-refractivity contribution < 1.29 is 14.3 Å². The topological polar surface area (TPSA) is 65.8 Å². The van der Waals surface area contributed by atoms with Gasteiger partial charge in [0.15, 0.2) is 0 Å². The highest BCUT2D eigenvalue weighted by Crippen LogP contribution is 2.29. The predicted octanol–water partition coefficient (Wildman–Crippen LogP) is 5.41. The van der Waals surface area contributed by atoms with E-state index in [0.29, 0.717) is 27.1 Å². The molecule has 34 heavy (non-hydrogen) atoms. The third kappa shape index (κ3) is 5.96. The summed E-state index contributed by atoms with van der Waals surface area (Å²) in [6, 6.07) is 12.9. The zero-order chi connectivity index (χ0) is 24.1. The van der Waals surface area contributed by atoms with Gasteiger partial charge in [-0.25, -0.2) is 4.79 Å². The minimum atomic E-state index is -0.412. The Bertz CT molecular complexity index is 1060. The number of piperidine rings is 2. The molecule has 2 fully saturated rings. The quantitative estimate of drug-likeness (QED) is 0.492. The van der Waals surface area contributed by atoms with E-state index in [1.165, 1.54) is 7.11 Å². The number of carbonyl (C=O) groups is 1. The third-order valence-electron chi connectivity index (χ3n) is 6.75. The van der Waals surface area contributed by atoms with E-state index in [0.717, 1.165) is 69.8 Å². The normalized spacial score (nSPS) is 17.9. The Labute approximate surface area is 210 Å². The molecule has 0 aromatic heterocycles. The summed E-state index contributed by atoms with van der Waals surface area (Å²) in [5.74, 6) is 0.996. The van der Waals surface area contributed by atoms with Crippen LogP contribution in [-0.4, -0.2) is 56.8 Å². The van der Waals surface area contributed by atoms with Gasteiger partial charge in [-0.3, -0.25) is 0 Å². The zero-order valence-electron chi connectivity index (χ0n) is 19.3. The summed E-state index contributed by atoms with van der Waals surface area (Å²) in [7, 11) is 1.36. The summed E-state index contributed by atoms with van der Waals surface area (Å²) in [5.41, 5.74) is 1.92. The summed E-state index contributed by atoms with van der Waals surface area (Å²) >= 11 is 12.4. The maximum Gasteiger partial charge on any atom is 0.339 e. The molecule has 2 aromatic carbocycles. The lowest BCUT2D eigenvalue weighted by Gasteiger charge is -2.38. The number of carbonyl (C=O) groups excluding carboxylic acids is 1. The van der Waals surface area contributed by atoms with Crippen LogP contribution >= 0.6 is 23.2 Å². The van der Waals surface area contributed by atoms with Crippen LogP contribution in [0.5, 0.6) is 5.75 Å². The number of hydrogen-bond donors (Lipinski definition) is 0. The zero-order valence-corrected chi connectivity index (χ0v) is 20.8. The number of rotatable bonds is 6. The maximum absolute atomic E-state index is 11.8. The fraction of sp³-hybridized carbons (Fsp3) is 0.462. The van der Waals surface area contributed by atoms with Crippen molar-refractivity contribution >= 4 is 34.9 Å². The average molecular weight is 502 g/mol. The van der Waals surface area contributed by atoms with Crippen LogP contribution in [0.2, 0.25) is 10.0 Å². The highest BCUT2D eigenvalue weighted by molar-refractivity contribution is 6.34. The molecule has 0 spiro atoms. The Balaban J connectivity index is 1.21. The average Bonchev–Trinajstić information content (AvgIpc) is 2.85. The van der Waals surface area contributed by atoms with Gasteiger partial charge >= 0.3 is 5.97 Å². The lowest BCUT2D eigenvalue weighted by Crippen LogP contribution is -2.43. The number of likely N-dealkylation sites (tertiary alicyclic amines) is 1. The summed E-state index contributed by atoms with van der Waals surface area (Å²) in [6.07, 6.45) is 4.43. The van der Waals surface area contributed by atoms with Gasteiger partial charge in [0.25, 0.3) is 0 Å². The number of methoxy groups -OCH3 is 1. The Hall–Kier alpha value is -2.46. The third-order valence-corrected chi connectivity index (χ3v) is 7.38. The van der Waals surface area contributed by atoms with Crippen molar-refractivity contribution in [2.24, 2.45) is 5.92 Å². The molecule has 6 nitrogen and oxygen atoms in total. The van der Waals surface area contributed by atoms with Gasteiger partial charge in [-0.05, 0) is 61.9 Å². The molecule has 180 valence electrons. The Morgan fingerprint density at radius 1 is 1.03 bits per heavy atom. The minimum Gasteiger partial charge on any atom is -0.490 e. The first-order valence-corrected chi connectivity index (χ1v) is 12.4. The van der Waals surface area contributed by atoms with Crippen molar-refractivity contribution in [1.29, 1.82) is 5.26 Å². The Morgan fingerprint density at radius 3 is 2.38 bits per heavy atom. The van der Waals surface area contributed by atoms with Gasteiger partial charge in [-0.2, -0.15) is 5.26 Å². The van der Waals surface area contributed by atoms with Crippen molar-refractivity contribution in [2.75, 3.05) is 44.7 Å². The van der Waals surface area contributed by atoms with Crippen LogP contribution in [0.4, 0.5) is 5.69 Å². The number of anilines is 1. The van der Waals surface area contributed by atoms with Crippen LogP contribution in [0, 0.1) is 17.2 Å². The molecule has 8 heteroatoms. The second-order valence-electron chi connectivity index (χ2n) is 8.96. The van der Waals surface area contributed by atoms with Gasteiger partial charge in [-0.1, -0.05) is 23.2 Å². The van der Waals surface area contributed by atoms with Crippen LogP contribution in [-0.2, 0) is 4.74 Å². The minimum absolute atomic E-state index is 0.180. The van der Waals surface area contributed by atoms with Gasteiger partial charge in [0.1, 0.15) is 17.9 Å². The Kier molecular flexibility index (Phi) is 8.20. The number of nitriles is 1. The van der Waals surface area contributed by atoms with E-state index >= 15 is 0 Å². The summed E-state index contributed by atoms with van der Waals surface area (Å²) in [5, 5.41) is 9.88. The Morgan fingerprint density at radius 2 is 1.76 bits per heavy atom. The van der Waals surface area contributed by atoms with Gasteiger partial charge in [-0.15, -0.1) is 0 Å². The molecular formula is C26H29Cl2N3O3. The van der Waals surface area contributed by atoms with Crippen molar-refractivity contribution in [1.82, 2.24) is 4.90 Å². The van der Waals surface area contributed by atoms with Crippen LogP contribution in [0.3, 0.4) is 0 Å². The summed E-state index contributed by atoms with van der Waals surface area (Å²) < 4.78 is 10.9. The molecule has 2 saturated heterocycles. The van der Waals surface area contributed by atoms with Crippen LogP contribution in [0.25, 0.3) is 0 Å². The van der Waals surface area contributed by atoms with E-state index in [-0.39, 0.29) is 6.10 Å². The molecule has 0 amide bonds. The SMILES string of the molecule is COC(=O)c1ccc(N2CCC(CN3CCC(Oc4ccc(C#N)c(Cl)c4)CC3)CC2)cc1Cl. The largest absolute Gasteiger partial charge is 0.490 e. The molecule has 2 aromatic rings. The molecule has 0 bridgehead atoms. The summed E-state index contributed by atoms with van der Waals surface area (Å²) in [4.78, 5) is 16.6. The smallest absolute Gasteiger partial charge is 0.339 e. The monoisotopic (exact) mass is 501 g/mol. The molecule has 0 radical (unpaired) electrons. The number of nitrogens with zero attached hydrogens (tertiary/aromatic N) is 3. The van der Waals surface area contributed by atoms with Crippen LogP contribution < -0.4 is 9.64 Å². The molecule has 2 heterocycles. The van der Waals surface area contributed by atoms with Gasteiger partial charge in [0.05, 0.1) is 28.3 Å². The van der Waals surface area contributed by atoms with Crippen molar-refractivity contribution in [3.63, 3.8) is 0 Å². The number of esters is 1. The first-order valence-electron chi connectivity index (χ1n) is 11.7. The first kappa shape index (κ1) is 24.7. The standard InChI is InChI=1S/C26H29Cl2N3O3/c1-33-26(32)23-5-3-20(14-25(23)28)31-12-6-18(7-13-31)17-30-10-8-21(9-11-30)34-22-4-2-19(16-29)24(27)15-22/h2-5,14-15,18,21H,6-13,17H2,1H3. The van der Waals surface area contributed by atoms with E-state index in [9.17, 15) is 4.79 Å². The van der Waals surface area contributed by atoms with E-state index in [2.05, 4.69) is 15.9 Å². The van der Waals surface area contributed by atoms with E-state index in [4.69, 9.17) is 37.9 Å². The van der Waals surface area contributed by atoms with Gasteiger partial charge < -0.3 is 19.3 Å². The number of benzene rings is 2. The molecule has 0 unspecified atom stereocenters. The highest BCUT2D eigenvalue weighted by atomic mass is 35.5. The van der Waals surface area contributed by atoms with Crippen LogP contribution in [0.15, 0.2) is 36.4 Å². The molecule has 0 aliphatic carbocycles. The fourth-order valence-corrected chi connectivity index (χ4v) is 5.24. The number of halogens is 2. The van der Waals surface area contributed by atoms with E-state index in [1.54, 1.807) is 18.2 Å². The first-order chi connectivity index (χ1) is 16.5. The molecule has 2 aliphatic rings. The number of hydrogen-bond acceptors (Lipinski definition) is 6. The lowest BCUT2D eigenvalue weighted by atomic mass is 9.94. The van der Waals surface area contributed by atoms with Gasteiger partial charge in [0.2, 0.25) is 0 Å². The molecular weight excluding hydrogens is 473 g/mol. The molecule has 0 saturated carbocycles. The lowest BCUT2D eigenvalue weighted by molar-refractivity contribution is 0.0601. The second kappa shape index (κ2) is 11.3. The summed E-state index contributed by atoms with van der Waals surface area (Å²) in [6.45, 7) is 5.14. The number of ether oxygens (including phenoxy) is 2. The molecule has 0 atom stereocenters. The van der Waals surface area contributed by atoms with E-state index in [1.807, 2.05) is 18.2 Å². The van der Waals surface area contributed by atoms with Crippen molar-refractivity contribution in [3.05, 3.63) is 57.6 Å². The fourth-order valence-electron chi connectivity index (χ4n) is 4.78. The maximum atomic E-state index is 11.8. The predicted molar refractivity (Wildman–Crippen MR) is 134 cm³/mol. The second-order valence-corrected chi connectivity index (χ2v) is 9.77. The van der Waals surface area contributed by atoms with Crippen molar-refractivity contribution in [3.8, 4) is 11.8 Å². The molecule has 0 N–H and O–H groups in total. The van der Waals surface area contributed by atoms with Crippen molar-refractivity contribution in [2.45, 2.75) is 31.8 Å². The molecule has 2 aliphatic heterocycles.